The standard InChI is InChI=1S/C16H21NO3/c1-5-11-17(14(12(2)3)16(19)20-4)15(18)13-9-7-6-8-10-13/h5-10,12,14H,1,11H2,2-4H3/t14-/m0/s1. The third kappa shape index (κ3) is 3.70. The van der Waals surface area contributed by atoms with E-state index in [0.717, 1.165) is 0 Å². The molecule has 1 aromatic rings. The van der Waals surface area contributed by atoms with Gasteiger partial charge in [0.05, 0.1) is 7.11 Å². The third-order valence-electron chi connectivity index (χ3n) is 3.02. The number of carbonyl (C=O) groups is 2. The molecule has 0 saturated carbocycles. The van der Waals surface area contributed by atoms with Gasteiger partial charge < -0.3 is 9.64 Å². The lowest BCUT2D eigenvalue weighted by molar-refractivity contribution is -0.147. The zero-order valence-corrected chi connectivity index (χ0v) is 12.2. The van der Waals surface area contributed by atoms with Crippen molar-refractivity contribution in [2.75, 3.05) is 13.7 Å². The van der Waals surface area contributed by atoms with Crippen LogP contribution in [0.25, 0.3) is 0 Å². The third-order valence-corrected chi connectivity index (χ3v) is 3.02. The summed E-state index contributed by atoms with van der Waals surface area (Å²) in [5, 5.41) is 0. The molecule has 0 radical (unpaired) electrons. The van der Waals surface area contributed by atoms with E-state index in [1.54, 1.807) is 30.3 Å². The highest BCUT2D eigenvalue weighted by molar-refractivity contribution is 5.97. The van der Waals surface area contributed by atoms with Gasteiger partial charge in [0.2, 0.25) is 0 Å². The first-order valence-corrected chi connectivity index (χ1v) is 6.57. The van der Waals surface area contributed by atoms with E-state index in [-0.39, 0.29) is 11.8 Å². The quantitative estimate of drug-likeness (QED) is 0.592. The van der Waals surface area contributed by atoms with E-state index >= 15 is 0 Å². The summed E-state index contributed by atoms with van der Waals surface area (Å²) in [5.74, 6) is -0.657. The second-order valence-corrected chi connectivity index (χ2v) is 4.82. The average Bonchev–Trinajstić information content (AvgIpc) is 2.46. The van der Waals surface area contributed by atoms with E-state index in [2.05, 4.69) is 6.58 Å². The predicted octanol–water partition coefficient (Wildman–Crippen LogP) is 2.51. The van der Waals surface area contributed by atoms with Crippen molar-refractivity contribution in [1.29, 1.82) is 0 Å². The number of amides is 1. The van der Waals surface area contributed by atoms with E-state index < -0.39 is 12.0 Å². The summed E-state index contributed by atoms with van der Waals surface area (Å²) in [6.07, 6.45) is 1.61. The molecule has 0 bridgehead atoms. The maximum atomic E-state index is 12.6. The van der Waals surface area contributed by atoms with E-state index in [9.17, 15) is 9.59 Å². The van der Waals surface area contributed by atoms with Crippen LogP contribution in [-0.4, -0.2) is 36.5 Å². The first-order valence-electron chi connectivity index (χ1n) is 6.57. The van der Waals surface area contributed by atoms with Crippen molar-refractivity contribution in [3.05, 3.63) is 48.6 Å². The summed E-state index contributed by atoms with van der Waals surface area (Å²) in [7, 11) is 1.33. The summed E-state index contributed by atoms with van der Waals surface area (Å²) < 4.78 is 4.82. The first-order chi connectivity index (χ1) is 9.52. The lowest BCUT2D eigenvalue weighted by Crippen LogP contribution is -2.48. The highest BCUT2D eigenvalue weighted by atomic mass is 16.5. The van der Waals surface area contributed by atoms with E-state index in [4.69, 9.17) is 4.74 Å². The highest BCUT2D eigenvalue weighted by Crippen LogP contribution is 2.16. The van der Waals surface area contributed by atoms with Gasteiger partial charge >= 0.3 is 5.97 Å². The van der Waals surface area contributed by atoms with Gasteiger partial charge in [-0.1, -0.05) is 38.1 Å². The number of ether oxygens (including phenoxy) is 1. The number of rotatable bonds is 6. The second-order valence-electron chi connectivity index (χ2n) is 4.82. The second kappa shape index (κ2) is 7.48. The molecule has 1 amide bonds. The minimum atomic E-state index is -0.620. The fourth-order valence-corrected chi connectivity index (χ4v) is 2.09. The molecule has 0 heterocycles. The van der Waals surface area contributed by atoms with E-state index in [0.29, 0.717) is 12.1 Å². The lowest BCUT2D eigenvalue weighted by atomic mass is 10.0. The Balaban J connectivity index is 3.11. The van der Waals surface area contributed by atoms with Gasteiger partial charge in [-0.2, -0.15) is 0 Å². The molecule has 0 unspecified atom stereocenters. The van der Waals surface area contributed by atoms with Crippen LogP contribution in [0.5, 0.6) is 0 Å². The number of esters is 1. The van der Waals surface area contributed by atoms with Crippen LogP contribution in [0, 0.1) is 5.92 Å². The molecule has 108 valence electrons. The summed E-state index contributed by atoms with van der Waals surface area (Å²) in [6.45, 7) is 7.72. The normalized spacial score (nSPS) is 11.8. The minimum Gasteiger partial charge on any atom is -0.467 e. The Bertz CT molecular complexity index is 468. The summed E-state index contributed by atoms with van der Waals surface area (Å²) in [5.41, 5.74) is 0.545. The largest absolute Gasteiger partial charge is 0.467 e. The van der Waals surface area contributed by atoms with Gasteiger partial charge in [-0.25, -0.2) is 4.79 Å². The van der Waals surface area contributed by atoms with Crippen molar-refractivity contribution in [2.45, 2.75) is 19.9 Å². The SMILES string of the molecule is C=CCN(C(=O)c1ccccc1)[C@H](C(=O)OC)C(C)C. The van der Waals surface area contributed by atoms with Crippen molar-refractivity contribution in [1.82, 2.24) is 4.90 Å². The number of carbonyl (C=O) groups excluding carboxylic acids is 2. The van der Waals surface area contributed by atoms with E-state index in [1.165, 1.54) is 12.0 Å². The first kappa shape index (κ1) is 16.0. The minimum absolute atomic E-state index is 0.0462. The van der Waals surface area contributed by atoms with Gasteiger partial charge in [-0.05, 0) is 18.1 Å². The van der Waals surface area contributed by atoms with Gasteiger partial charge in [0.15, 0.2) is 0 Å². The maximum Gasteiger partial charge on any atom is 0.328 e. The maximum absolute atomic E-state index is 12.6. The Morgan fingerprint density at radius 2 is 1.90 bits per heavy atom. The van der Waals surface area contributed by atoms with Crippen LogP contribution in [0.15, 0.2) is 43.0 Å². The predicted molar refractivity (Wildman–Crippen MR) is 78.3 cm³/mol. The van der Waals surface area contributed by atoms with Gasteiger partial charge in [0, 0.05) is 12.1 Å². The number of methoxy groups -OCH3 is 1. The summed E-state index contributed by atoms with van der Waals surface area (Å²) in [6, 6.07) is 8.27. The van der Waals surface area contributed by atoms with Crippen LogP contribution in [0.3, 0.4) is 0 Å². The molecule has 20 heavy (non-hydrogen) atoms. The Hall–Kier alpha value is -2.10. The number of hydrogen-bond donors (Lipinski definition) is 0. The van der Waals surface area contributed by atoms with Crippen molar-refractivity contribution in [3.8, 4) is 0 Å². The Kier molecular flexibility index (Phi) is 5.97. The van der Waals surface area contributed by atoms with Gasteiger partial charge in [-0.15, -0.1) is 6.58 Å². The van der Waals surface area contributed by atoms with Crippen molar-refractivity contribution < 1.29 is 14.3 Å². The fourth-order valence-electron chi connectivity index (χ4n) is 2.09. The molecular weight excluding hydrogens is 254 g/mol. The molecule has 0 saturated heterocycles. The zero-order valence-electron chi connectivity index (χ0n) is 12.2. The molecule has 1 atom stereocenters. The monoisotopic (exact) mass is 275 g/mol. The van der Waals surface area contributed by atoms with Crippen molar-refractivity contribution >= 4 is 11.9 Å². The Morgan fingerprint density at radius 3 is 2.35 bits per heavy atom. The van der Waals surface area contributed by atoms with Crippen LogP contribution in [0.4, 0.5) is 0 Å². The van der Waals surface area contributed by atoms with Gasteiger partial charge in [0.25, 0.3) is 5.91 Å². The van der Waals surface area contributed by atoms with Gasteiger partial charge in [-0.3, -0.25) is 4.79 Å². The zero-order chi connectivity index (χ0) is 15.1. The highest BCUT2D eigenvalue weighted by Gasteiger charge is 2.32. The van der Waals surface area contributed by atoms with Crippen LogP contribution < -0.4 is 0 Å². The molecule has 4 heteroatoms. The molecule has 0 aliphatic rings. The molecule has 0 aliphatic heterocycles. The molecule has 0 aromatic heterocycles. The van der Waals surface area contributed by atoms with Crippen LogP contribution in [0.2, 0.25) is 0 Å². The average molecular weight is 275 g/mol. The van der Waals surface area contributed by atoms with Crippen LogP contribution in [0.1, 0.15) is 24.2 Å². The lowest BCUT2D eigenvalue weighted by Gasteiger charge is -2.31. The molecule has 1 rings (SSSR count). The van der Waals surface area contributed by atoms with Gasteiger partial charge in [0.1, 0.15) is 6.04 Å². The van der Waals surface area contributed by atoms with Crippen LogP contribution >= 0.6 is 0 Å². The van der Waals surface area contributed by atoms with Crippen molar-refractivity contribution in [3.63, 3.8) is 0 Å². The molecule has 4 nitrogen and oxygen atoms in total. The summed E-state index contributed by atoms with van der Waals surface area (Å²) in [4.78, 5) is 26.0. The summed E-state index contributed by atoms with van der Waals surface area (Å²) >= 11 is 0. The molecule has 0 spiro atoms. The molecular formula is C16H21NO3. The van der Waals surface area contributed by atoms with Crippen molar-refractivity contribution in [2.24, 2.45) is 5.92 Å². The topological polar surface area (TPSA) is 46.6 Å². The smallest absolute Gasteiger partial charge is 0.328 e. The number of hydrogen-bond acceptors (Lipinski definition) is 3. The Labute approximate surface area is 120 Å². The van der Waals surface area contributed by atoms with Crippen LogP contribution in [-0.2, 0) is 9.53 Å². The number of benzene rings is 1. The van der Waals surface area contributed by atoms with E-state index in [1.807, 2.05) is 19.9 Å². The molecule has 1 aromatic carbocycles. The Morgan fingerprint density at radius 1 is 1.30 bits per heavy atom. The molecule has 0 N–H and O–H groups in total. The number of nitrogens with zero attached hydrogens (tertiary/aromatic N) is 1. The molecule has 0 aliphatic carbocycles. The fraction of sp³-hybridized carbons (Fsp3) is 0.375. The molecule has 0 fully saturated rings.